The highest BCUT2D eigenvalue weighted by Crippen LogP contribution is 2.33. The molecule has 0 saturated heterocycles. The molecule has 0 aliphatic heterocycles. The monoisotopic (exact) mass is 361 g/mol. The van der Waals surface area contributed by atoms with Crippen LogP contribution in [0.1, 0.15) is 6.92 Å². The van der Waals surface area contributed by atoms with Gasteiger partial charge in [-0.2, -0.15) is 4.98 Å². The highest BCUT2D eigenvalue weighted by atomic mass is 16.5. The second kappa shape index (κ2) is 7.25. The highest BCUT2D eigenvalue weighted by Gasteiger charge is 2.16. The molecule has 0 spiro atoms. The number of aromatic nitrogens is 3. The van der Waals surface area contributed by atoms with Crippen molar-refractivity contribution in [1.82, 2.24) is 14.5 Å². The van der Waals surface area contributed by atoms with E-state index in [0.29, 0.717) is 24.9 Å². The summed E-state index contributed by atoms with van der Waals surface area (Å²) in [7, 11) is 1.69. The number of rotatable bonds is 6. The van der Waals surface area contributed by atoms with Gasteiger partial charge in [0.2, 0.25) is 5.95 Å². The third kappa shape index (κ3) is 3.08. The van der Waals surface area contributed by atoms with Crippen LogP contribution in [-0.4, -0.2) is 34.8 Å². The molecule has 138 valence electrons. The van der Waals surface area contributed by atoms with Crippen molar-refractivity contribution in [2.45, 2.75) is 13.5 Å². The number of hydrogen-bond donors (Lipinski definition) is 1. The first-order valence-corrected chi connectivity index (χ1v) is 9.09. The maximum absolute atomic E-state index is 5.88. The Bertz CT molecular complexity index is 1090. The lowest BCUT2D eigenvalue weighted by atomic mass is 10.1. The van der Waals surface area contributed by atoms with Crippen LogP contribution in [0.3, 0.4) is 0 Å². The van der Waals surface area contributed by atoms with Gasteiger partial charge in [0.25, 0.3) is 0 Å². The van der Waals surface area contributed by atoms with Crippen LogP contribution in [0.5, 0.6) is 0 Å². The van der Waals surface area contributed by atoms with E-state index < -0.39 is 0 Å². The third-order valence-corrected chi connectivity index (χ3v) is 4.81. The van der Waals surface area contributed by atoms with Gasteiger partial charge in [0.15, 0.2) is 0 Å². The Hall–Kier alpha value is -3.12. The van der Waals surface area contributed by atoms with Gasteiger partial charge in [0, 0.05) is 53.9 Å². The number of hydrogen-bond acceptors (Lipinski definition) is 5. The molecule has 0 aliphatic rings. The van der Waals surface area contributed by atoms with Crippen LogP contribution in [0.15, 0.2) is 54.7 Å². The van der Waals surface area contributed by atoms with Crippen molar-refractivity contribution >= 4 is 39.3 Å². The Morgan fingerprint density at radius 1 is 1.07 bits per heavy atom. The van der Waals surface area contributed by atoms with Crippen LogP contribution >= 0.6 is 0 Å². The summed E-state index contributed by atoms with van der Waals surface area (Å²) in [5.74, 6) is 1.02. The molecule has 27 heavy (non-hydrogen) atoms. The molecular weight excluding hydrogens is 338 g/mol. The summed E-state index contributed by atoms with van der Waals surface area (Å²) in [6.45, 7) is 4.30. The van der Waals surface area contributed by atoms with Gasteiger partial charge in [-0.15, -0.1) is 0 Å². The number of para-hydroxylation sites is 1. The van der Waals surface area contributed by atoms with Gasteiger partial charge in [-0.25, -0.2) is 4.98 Å². The third-order valence-electron chi connectivity index (χ3n) is 4.81. The molecule has 0 atom stereocenters. The number of methoxy groups -OCH3 is 1. The first kappa shape index (κ1) is 17.3. The summed E-state index contributed by atoms with van der Waals surface area (Å²) in [6, 6.07) is 16.7. The van der Waals surface area contributed by atoms with E-state index in [-0.39, 0.29) is 0 Å². The van der Waals surface area contributed by atoms with Gasteiger partial charge >= 0.3 is 0 Å². The van der Waals surface area contributed by atoms with E-state index in [1.807, 2.05) is 4.90 Å². The maximum Gasteiger partial charge on any atom is 0.231 e. The Labute approximate surface area is 158 Å². The minimum Gasteiger partial charge on any atom is -0.384 e. The molecule has 2 aromatic heterocycles. The van der Waals surface area contributed by atoms with Crippen LogP contribution in [0, 0.1) is 0 Å². The van der Waals surface area contributed by atoms with Gasteiger partial charge in [0.1, 0.15) is 5.82 Å². The van der Waals surface area contributed by atoms with Crippen LogP contribution in [0.2, 0.25) is 0 Å². The van der Waals surface area contributed by atoms with Crippen LogP contribution in [0.25, 0.3) is 21.8 Å². The number of ether oxygens (including phenoxy) is 1. The molecule has 0 radical (unpaired) electrons. The fourth-order valence-corrected chi connectivity index (χ4v) is 3.57. The SMILES string of the molecule is CCn1c2ccccc2c2cc(N(CCOC)c3nccc(N)n3)ccc21. The Kier molecular flexibility index (Phi) is 4.64. The van der Waals surface area contributed by atoms with Crippen LogP contribution in [-0.2, 0) is 11.3 Å². The fraction of sp³-hybridized carbons (Fsp3) is 0.238. The van der Waals surface area contributed by atoms with Crippen molar-refractivity contribution in [3.63, 3.8) is 0 Å². The average Bonchev–Trinajstić information content (AvgIpc) is 3.01. The zero-order valence-corrected chi connectivity index (χ0v) is 15.6. The number of aryl methyl sites for hydroxylation is 1. The Morgan fingerprint density at radius 3 is 2.67 bits per heavy atom. The summed E-state index contributed by atoms with van der Waals surface area (Å²) >= 11 is 0. The second-order valence-electron chi connectivity index (χ2n) is 6.39. The predicted octanol–water partition coefficient (Wildman–Crippen LogP) is 3.97. The lowest BCUT2D eigenvalue weighted by molar-refractivity contribution is 0.207. The minimum atomic E-state index is 0.450. The summed E-state index contributed by atoms with van der Waals surface area (Å²) in [4.78, 5) is 10.8. The molecule has 6 nitrogen and oxygen atoms in total. The van der Waals surface area contributed by atoms with Crippen molar-refractivity contribution in [3.05, 3.63) is 54.7 Å². The lowest BCUT2D eigenvalue weighted by Gasteiger charge is -2.22. The van der Waals surface area contributed by atoms with E-state index >= 15 is 0 Å². The lowest BCUT2D eigenvalue weighted by Crippen LogP contribution is -2.24. The molecule has 4 rings (SSSR count). The standard InChI is InChI=1S/C21H23N5O/c1-3-25-18-7-5-4-6-16(18)17-14-15(8-9-19(17)25)26(12-13-27-2)21-23-11-10-20(22)24-21/h4-11,14H,3,12-13H2,1-2H3,(H2,22,23,24). The van der Waals surface area contributed by atoms with Crippen LogP contribution < -0.4 is 10.6 Å². The Morgan fingerprint density at radius 2 is 1.89 bits per heavy atom. The topological polar surface area (TPSA) is 69.2 Å². The van der Waals surface area contributed by atoms with E-state index in [1.54, 1.807) is 19.4 Å². The first-order chi connectivity index (χ1) is 13.2. The fourth-order valence-electron chi connectivity index (χ4n) is 3.57. The largest absolute Gasteiger partial charge is 0.384 e. The van der Waals surface area contributed by atoms with Gasteiger partial charge in [0.05, 0.1) is 6.61 Å². The quantitative estimate of drug-likeness (QED) is 0.563. The molecular formula is C21H23N5O. The van der Waals surface area contributed by atoms with Crippen molar-refractivity contribution in [2.24, 2.45) is 0 Å². The molecule has 2 heterocycles. The van der Waals surface area contributed by atoms with Gasteiger partial charge in [-0.05, 0) is 37.3 Å². The number of fused-ring (bicyclic) bond motifs is 3. The molecule has 0 unspecified atom stereocenters. The summed E-state index contributed by atoms with van der Waals surface area (Å²) in [5, 5.41) is 2.47. The molecule has 4 aromatic rings. The summed E-state index contributed by atoms with van der Waals surface area (Å²) in [5.41, 5.74) is 9.37. The van der Waals surface area contributed by atoms with Crippen LogP contribution in [0.4, 0.5) is 17.5 Å². The maximum atomic E-state index is 5.88. The van der Waals surface area contributed by atoms with E-state index in [1.165, 1.54) is 21.8 Å². The Balaban J connectivity index is 1.89. The van der Waals surface area contributed by atoms with E-state index in [2.05, 4.69) is 63.9 Å². The number of anilines is 3. The van der Waals surface area contributed by atoms with Gasteiger partial charge in [-0.1, -0.05) is 18.2 Å². The molecule has 6 heteroatoms. The van der Waals surface area contributed by atoms with E-state index in [9.17, 15) is 0 Å². The molecule has 2 aromatic carbocycles. The molecule has 2 N–H and O–H groups in total. The minimum absolute atomic E-state index is 0.450. The molecule has 0 aliphatic carbocycles. The molecule has 0 fully saturated rings. The molecule has 0 bridgehead atoms. The van der Waals surface area contributed by atoms with Crippen molar-refractivity contribution < 1.29 is 4.74 Å². The van der Waals surface area contributed by atoms with E-state index in [4.69, 9.17) is 10.5 Å². The first-order valence-electron chi connectivity index (χ1n) is 9.09. The zero-order valence-electron chi connectivity index (χ0n) is 15.6. The zero-order chi connectivity index (χ0) is 18.8. The van der Waals surface area contributed by atoms with Gasteiger partial charge < -0.3 is 19.9 Å². The number of nitrogens with zero attached hydrogens (tertiary/aromatic N) is 4. The predicted molar refractivity (Wildman–Crippen MR) is 110 cm³/mol. The summed E-state index contributed by atoms with van der Waals surface area (Å²) in [6.07, 6.45) is 1.68. The van der Waals surface area contributed by atoms with Crippen molar-refractivity contribution in [1.29, 1.82) is 0 Å². The molecule has 0 saturated carbocycles. The van der Waals surface area contributed by atoms with E-state index in [0.717, 1.165) is 12.2 Å². The smallest absolute Gasteiger partial charge is 0.231 e. The average molecular weight is 361 g/mol. The van der Waals surface area contributed by atoms with Crippen molar-refractivity contribution in [2.75, 3.05) is 30.9 Å². The second-order valence-corrected chi connectivity index (χ2v) is 6.39. The normalized spacial score (nSPS) is 11.3. The molecule has 0 amide bonds. The number of nitrogen functional groups attached to an aromatic ring is 1. The summed E-state index contributed by atoms with van der Waals surface area (Å²) < 4.78 is 7.63. The van der Waals surface area contributed by atoms with Crippen molar-refractivity contribution in [3.8, 4) is 0 Å². The number of benzene rings is 2. The van der Waals surface area contributed by atoms with Gasteiger partial charge in [-0.3, -0.25) is 0 Å². The number of nitrogens with two attached hydrogens (primary N) is 1. The highest BCUT2D eigenvalue weighted by molar-refractivity contribution is 6.09.